The van der Waals surface area contributed by atoms with Gasteiger partial charge in [-0.1, -0.05) is 0 Å². The van der Waals surface area contributed by atoms with Gasteiger partial charge in [0.25, 0.3) is 0 Å². The molecule has 1 aliphatic heterocycles. The third-order valence-electron chi connectivity index (χ3n) is 3.98. The predicted molar refractivity (Wildman–Crippen MR) is 98.8 cm³/mol. The molecule has 0 unspecified atom stereocenters. The predicted octanol–water partition coefficient (Wildman–Crippen LogP) is 0.878. The van der Waals surface area contributed by atoms with Crippen LogP contribution in [0, 0.1) is 0 Å². The molecule has 3 rings (SSSR count). The molecular weight excluding hydrogens is 356 g/mol. The maximum absolute atomic E-state index is 11.5. The van der Waals surface area contributed by atoms with Crippen LogP contribution >= 0.6 is 11.8 Å². The zero-order chi connectivity index (χ0) is 18.5. The summed E-state index contributed by atoms with van der Waals surface area (Å²) in [6.45, 7) is 3.60. The van der Waals surface area contributed by atoms with Crippen LogP contribution in [0.2, 0.25) is 0 Å². The highest BCUT2D eigenvalue weighted by Gasteiger charge is 2.20. The molecule has 1 amide bonds. The van der Waals surface area contributed by atoms with Gasteiger partial charge in [0.15, 0.2) is 5.09 Å². The Morgan fingerprint density at radius 2 is 2.19 bits per heavy atom. The van der Waals surface area contributed by atoms with Crippen LogP contribution in [0.4, 0.5) is 11.6 Å². The first-order valence-corrected chi connectivity index (χ1v) is 9.02. The molecule has 0 spiro atoms. The number of rotatable bonds is 6. The van der Waals surface area contributed by atoms with Crippen molar-refractivity contribution in [2.75, 3.05) is 57.1 Å². The van der Waals surface area contributed by atoms with Crippen molar-refractivity contribution >= 4 is 29.3 Å². The second-order valence-electron chi connectivity index (χ2n) is 5.81. The minimum Gasteiger partial charge on any atom is -0.480 e. The van der Waals surface area contributed by atoms with Crippen LogP contribution in [0.3, 0.4) is 0 Å². The fraction of sp³-hybridized carbons (Fsp3) is 0.438. The highest BCUT2D eigenvalue weighted by Crippen LogP contribution is 2.38. The first-order valence-electron chi connectivity index (χ1n) is 8.20. The van der Waals surface area contributed by atoms with Crippen LogP contribution in [0.25, 0.3) is 0 Å². The van der Waals surface area contributed by atoms with Crippen LogP contribution < -0.4 is 20.7 Å². The second-order valence-corrected chi connectivity index (χ2v) is 6.82. The molecule has 1 aliphatic rings. The average molecular weight is 378 g/mol. The lowest BCUT2D eigenvalue weighted by Crippen LogP contribution is -2.45. The van der Waals surface area contributed by atoms with Crippen LogP contribution in [0.5, 0.6) is 5.88 Å². The number of amides is 1. The molecule has 0 aliphatic carbocycles. The highest BCUT2D eigenvalue weighted by molar-refractivity contribution is 7.99. The SMILES string of the molecule is COc1nc(N2CCN(C)CC2)ncc1Sc1occc1NC(=O)CN. The summed E-state index contributed by atoms with van der Waals surface area (Å²) in [5, 5.41) is 3.21. The number of carbonyl (C=O) groups excluding carboxylic acids is 1. The number of nitrogens with two attached hydrogens (primary N) is 1. The Morgan fingerprint density at radius 1 is 1.42 bits per heavy atom. The number of nitrogens with one attached hydrogen (secondary N) is 1. The van der Waals surface area contributed by atoms with E-state index in [4.69, 9.17) is 14.9 Å². The molecule has 10 heteroatoms. The number of piperazine rings is 1. The first kappa shape index (κ1) is 18.5. The Hall–Kier alpha value is -2.30. The van der Waals surface area contributed by atoms with Gasteiger partial charge in [-0.3, -0.25) is 4.79 Å². The third kappa shape index (κ3) is 4.26. The zero-order valence-corrected chi connectivity index (χ0v) is 15.6. The van der Waals surface area contributed by atoms with Gasteiger partial charge in [-0.15, -0.1) is 0 Å². The molecule has 1 saturated heterocycles. The molecule has 0 aromatic carbocycles. The molecule has 1 fully saturated rings. The molecule has 2 aromatic heterocycles. The summed E-state index contributed by atoms with van der Waals surface area (Å²) in [7, 11) is 3.67. The Labute approximate surface area is 155 Å². The van der Waals surface area contributed by atoms with Crippen molar-refractivity contribution in [1.29, 1.82) is 0 Å². The summed E-state index contributed by atoms with van der Waals surface area (Å²) in [5.41, 5.74) is 5.89. The van der Waals surface area contributed by atoms with E-state index in [-0.39, 0.29) is 12.5 Å². The number of hydrogen-bond donors (Lipinski definition) is 2. The lowest BCUT2D eigenvalue weighted by atomic mass is 10.3. The lowest BCUT2D eigenvalue weighted by Gasteiger charge is -2.32. The number of hydrogen-bond acceptors (Lipinski definition) is 9. The molecule has 140 valence electrons. The normalized spacial score (nSPS) is 15.1. The summed E-state index contributed by atoms with van der Waals surface area (Å²) >= 11 is 1.28. The van der Waals surface area contributed by atoms with E-state index in [2.05, 4.69) is 32.1 Å². The summed E-state index contributed by atoms with van der Waals surface area (Å²) in [4.78, 5) is 25.6. The molecule has 2 aromatic rings. The molecule has 0 bridgehead atoms. The number of furan rings is 1. The van der Waals surface area contributed by atoms with Gasteiger partial charge in [-0.25, -0.2) is 4.98 Å². The number of likely N-dealkylation sites (N-methyl/N-ethyl adjacent to an activating group) is 1. The number of nitrogens with zero attached hydrogens (tertiary/aromatic N) is 4. The Kier molecular flexibility index (Phi) is 5.96. The van der Waals surface area contributed by atoms with E-state index in [1.807, 2.05) is 0 Å². The van der Waals surface area contributed by atoms with E-state index in [0.717, 1.165) is 26.2 Å². The van der Waals surface area contributed by atoms with Crippen LogP contribution in [-0.4, -0.2) is 67.7 Å². The van der Waals surface area contributed by atoms with E-state index >= 15 is 0 Å². The molecular formula is C16H22N6O3S. The minimum absolute atomic E-state index is 0.0958. The molecule has 3 heterocycles. The number of anilines is 2. The van der Waals surface area contributed by atoms with Crippen molar-refractivity contribution < 1.29 is 13.9 Å². The van der Waals surface area contributed by atoms with E-state index < -0.39 is 0 Å². The maximum Gasteiger partial charge on any atom is 0.238 e. The topological polar surface area (TPSA) is 110 Å². The van der Waals surface area contributed by atoms with Gasteiger partial charge < -0.3 is 30.0 Å². The van der Waals surface area contributed by atoms with Gasteiger partial charge >= 0.3 is 0 Å². The van der Waals surface area contributed by atoms with Gasteiger partial charge in [-0.2, -0.15) is 4.98 Å². The fourth-order valence-electron chi connectivity index (χ4n) is 2.49. The van der Waals surface area contributed by atoms with Crippen molar-refractivity contribution in [2.24, 2.45) is 5.73 Å². The Morgan fingerprint density at radius 3 is 2.88 bits per heavy atom. The highest BCUT2D eigenvalue weighted by atomic mass is 32.2. The van der Waals surface area contributed by atoms with Gasteiger partial charge in [0.2, 0.25) is 17.7 Å². The summed E-state index contributed by atoms with van der Waals surface area (Å²) in [5.74, 6) is 0.823. The zero-order valence-electron chi connectivity index (χ0n) is 14.8. The van der Waals surface area contributed by atoms with E-state index in [0.29, 0.717) is 27.5 Å². The van der Waals surface area contributed by atoms with Crippen molar-refractivity contribution in [3.05, 3.63) is 18.5 Å². The molecule has 0 atom stereocenters. The summed E-state index contributed by atoms with van der Waals surface area (Å²) in [6.07, 6.45) is 3.21. The van der Waals surface area contributed by atoms with Crippen LogP contribution in [0.1, 0.15) is 0 Å². The van der Waals surface area contributed by atoms with Crippen molar-refractivity contribution in [1.82, 2.24) is 14.9 Å². The maximum atomic E-state index is 11.5. The molecule has 3 N–H and O–H groups in total. The Bertz CT molecular complexity index is 760. The first-order chi connectivity index (χ1) is 12.6. The van der Waals surface area contributed by atoms with E-state index in [9.17, 15) is 4.79 Å². The molecule has 9 nitrogen and oxygen atoms in total. The van der Waals surface area contributed by atoms with E-state index in [1.165, 1.54) is 18.0 Å². The lowest BCUT2D eigenvalue weighted by molar-refractivity contribution is -0.114. The Balaban J connectivity index is 1.77. The third-order valence-corrected chi connectivity index (χ3v) is 4.98. The van der Waals surface area contributed by atoms with Crippen molar-refractivity contribution in [2.45, 2.75) is 9.99 Å². The number of aromatic nitrogens is 2. The van der Waals surface area contributed by atoms with Crippen LogP contribution in [-0.2, 0) is 4.79 Å². The quantitative estimate of drug-likeness (QED) is 0.757. The fourth-order valence-corrected chi connectivity index (χ4v) is 3.34. The number of carbonyl (C=O) groups is 1. The second kappa shape index (κ2) is 8.39. The van der Waals surface area contributed by atoms with Crippen molar-refractivity contribution in [3.8, 4) is 5.88 Å². The number of methoxy groups -OCH3 is 1. The van der Waals surface area contributed by atoms with Crippen molar-refractivity contribution in [3.63, 3.8) is 0 Å². The van der Waals surface area contributed by atoms with Gasteiger partial charge in [0.1, 0.15) is 0 Å². The molecule has 0 radical (unpaired) electrons. The monoisotopic (exact) mass is 378 g/mol. The number of ether oxygens (including phenoxy) is 1. The van der Waals surface area contributed by atoms with Gasteiger partial charge in [-0.05, 0) is 18.8 Å². The summed E-state index contributed by atoms with van der Waals surface area (Å²) in [6, 6.07) is 1.67. The van der Waals surface area contributed by atoms with Crippen LogP contribution in [0.15, 0.2) is 32.9 Å². The molecule has 0 saturated carbocycles. The van der Waals surface area contributed by atoms with Gasteiger partial charge in [0, 0.05) is 32.2 Å². The molecule has 26 heavy (non-hydrogen) atoms. The minimum atomic E-state index is -0.290. The average Bonchev–Trinajstić information content (AvgIpc) is 3.09. The van der Waals surface area contributed by atoms with Gasteiger partial charge in [0.05, 0.1) is 36.7 Å². The smallest absolute Gasteiger partial charge is 0.238 e. The largest absolute Gasteiger partial charge is 0.480 e. The standard InChI is InChI=1S/C16H22N6O3S/c1-21-4-6-22(7-5-21)16-18-10-12(14(20-16)24-2)26-15-11(3-8-25-15)19-13(23)9-17/h3,8,10H,4-7,9,17H2,1-2H3,(H,19,23). The van der Waals surface area contributed by atoms with E-state index in [1.54, 1.807) is 19.4 Å². The summed E-state index contributed by atoms with van der Waals surface area (Å²) < 4.78 is 10.9.